The summed E-state index contributed by atoms with van der Waals surface area (Å²) < 4.78 is 0. The van der Waals surface area contributed by atoms with Crippen LogP contribution in [0.15, 0.2) is 30.6 Å². The van der Waals surface area contributed by atoms with Crippen LogP contribution in [0.25, 0.3) is 11.0 Å². The average molecular weight is 228 g/mol. The third kappa shape index (κ3) is 2.28. The van der Waals surface area contributed by atoms with E-state index in [0.717, 1.165) is 23.4 Å². The average Bonchev–Trinajstić information content (AvgIpc) is 3.19. The molecule has 1 aliphatic carbocycles. The second kappa shape index (κ2) is 4.39. The molecule has 1 atom stereocenters. The predicted octanol–water partition coefficient (Wildman–Crippen LogP) is 1.93. The van der Waals surface area contributed by atoms with E-state index in [2.05, 4.69) is 27.5 Å². The molecule has 4 heteroatoms. The van der Waals surface area contributed by atoms with Gasteiger partial charge in [0.1, 0.15) is 0 Å². The molecule has 0 amide bonds. The highest BCUT2D eigenvalue weighted by Gasteiger charge is 2.25. The molecule has 0 saturated heterocycles. The van der Waals surface area contributed by atoms with Gasteiger partial charge in [0.05, 0.1) is 11.0 Å². The minimum absolute atomic E-state index is 0.230. The summed E-state index contributed by atoms with van der Waals surface area (Å²) in [7, 11) is 0. The maximum Gasteiger partial charge on any atom is 0.0890 e. The second-order valence-electron chi connectivity index (χ2n) is 4.70. The second-order valence-corrected chi connectivity index (χ2v) is 4.70. The fraction of sp³-hybridized carbons (Fsp3) is 0.385. The topological polar surface area (TPSA) is 63.8 Å². The summed E-state index contributed by atoms with van der Waals surface area (Å²) in [6, 6.07) is 6.41. The summed E-state index contributed by atoms with van der Waals surface area (Å²) in [5.41, 5.74) is 5.97. The molecule has 0 aliphatic heterocycles. The van der Waals surface area contributed by atoms with Crippen LogP contribution in [0.2, 0.25) is 0 Å². The lowest BCUT2D eigenvalue weighted by Crippen LogP contribution is -2.28. The van der Waals surface area contributed by atoms with Crippen LogP contribution in [-0.2, 0) is 0 Å². The first-order chi connectivity index (χ1) is 8.36. The van der Waals surface area contributed by atoms with Crippen molar-refractivity contribution in [3.8, 4) is 0 Å². The Bertz CT molecular complexity index is 522. The first kappa shape index (κ1) is 10.6. The summed E-state index contributed by atoms with van der Waals surface area (Å²) in [4.78, 5) is 8.59. The van der Waals surface area contributed by atoms with Gasteiger partial charge in [0, 0.05) is 18.4 Å². The number of aromatic nitrogens is 2. The molecule has 3 N–H and O–H groups in total. The van der Waals surface area contributed by atoms with Gasteiger partial charge in [-0.15, -0.1) is 0 Å². The zero-order valence-electron chi connectivity index (χ0n) is 9.63. The van der Waals surface area contributed by atoms with Crippen molar-refractivity contribution in [2.75, 3.05) is 0 Å². The fourth-order valence-electron chi connectivity index (χ4n) is 2.18. The molecule has 0 bridgehead atoms. The van der Waals surface area contributed by atoms with E-state index in [-0.39, 0.29) is 6.04 Å². The Hall–Kier alpha value is -1.52. The molecule has 1 unspecified atom stereocenters. The van der Waals surface area contributed by atoms with Crippen molar-refractivity contribution < 1.29 is 0 Å². The monoisotopic (exact) mass is 228 g/mol. The van der Waals surface area contributed by atoms with E-state index < -0.39 is 0 Å². The van der Waals surface area contributed by atoms with Gasteiger partial charge in [-0.05, 0) is 30.0 Å². The van der Waals surface area contributed by atoms with Gasteiger partial charge in [0.2, 0.25) is 0 Å². The van der Waals surface area contributed by atoms with Crippen LogP contribution < -0.4 is 11.3 Å². The van der Waals surface area contributed by atoms with Crippen LogP contribution in [0.5, 0.6) is 0 Å². The summed E-state index contributed by atoms with van der Waals surface area (Å²) in [6.45, 7) is 0. The first-order valence-electron chi connectivity index (χ1n) is 6.03. The molecule has 3 rings (SSSR count). The van der Waals surface area contributed by atoms with E-state index in [1.54, 1.807) is 12.4 Å². The van der Waals surface area contributed by atoms with Gasteiger partial charge < -0.3 is 0 Å². The molecular weight excluding hydrogens is 212 g/mol. The number of hydrogen-bond donors (Lipinski definition) is 2. The van der Waals surface area contributed by atoms with Gasteiger partial charge in [0.15, 0.2) is 0 Å². The summed E-state index contributed by atoms with van der Waals surface area (Å²) >= 11 is 0. The summed E-state index contributed by atoms with van der Waals surface area (Å²) in [5.74, 6) is 6.48. The molecular formula is C13H16N4. The molecule has 2 aromatic rings. The lowest BCUT2D eigenvalue weighted by Gasteiger charge is -2.16. The highest BCUT2D eigenvalue weighted by Crippen LogP contribution is 2.37. The number of nitrogens with zero attached hydrogens (tertiary/aromatic N) is 2. The number of nitrogens with one attached hydrogen (secondary N) is 1. The number of rotatable bonds is 4. The van der Waals surface area contributed by atoms with Crippen molar-refractivity contribution in [3.05, 3.63) is 36.2 Å². The van der Waals surface area contributed by atoms with Crippen molar-refractivity contribution in [2.45, 2.75) is 25.3 Å². The highest BCUT2D eigenvalue weighted by atomic mass is 15.2. The van der Waals surface area contributed by atoms with Crippen molar-refractivity contribution in [1.29, 1.82) is 0 Å². The Balaban J connectivity index is 1.92. The van der Waals surface area contributed by atoms with Crippen LogP contribution in [0.4, 0.5) is 0 Å². The van der Waals surface area contributed by atoms with E-state index >= 15 is 0 Å². The number of hydrazine groups is 1. The number of fused-ring (bicyclic) bond motifs is 1. The number of benzene rings is 1. The molecule has 0 spiro atoms. The Labute approximate surface area is 100 Å². The maximum atomic E-state index is 5.64. The van der Waals surface area contributed by atoms with E-state index in [1.807, 2.05) is 6.07 Å². The summed E-state index contributed by atoms with van der Waals surface area (Å²) in [5, 5.41) is 0. The lowest BCUT2D eigenvalue weighted by molar-refractivity contribution is 0.487. The molecule has 88 valence electrons. The van der Waals surface area contributed by atoms with E-state index in [0.29, 0.717) is 0 Å². The van der Waals surface area contributed by atoms with Crippen molar-refractivity contribution in [2.24, 2.45) is 11.8 Å². The molecule has 0 radical (unpaired) electrons. The van der Waals surface area contributed by atoms with Crippen LogP contribution in [0.3, 0.4) is 0 Å². The zero-order valence-corrected chi connectivity index (χ0v) is 9.63. The largest absolute Gasteiger partial charge is 0.271 e. The highest BCUT2D eigenvalue weighted by molar-refractivity contribution is 5.74. The fourth-order valence-corrected chi connectivity index (χ4v) is 2.18. The van der Waals surface area contributed by atoms with Crippen LogP contribution in [0, 0.1) is 5.92 Å². The minimum atomic E-state index is 0.230. The van der Waals surface area contributed by atoms with Crippen LogP contribution >= 0.6 is 0 Å². The van der Waals surface area contributed by atoms with E-state index in [4.69, 9.17) is 5.84 Å². The lowest BCUT2D eigenvalue weighted by atomic mass is 10.0. The Kier molecular flexibility index (Phi) is 2.74. The predicted molar refractivity (Wildman–Crippen MR) is 66.9 cm³/mol. The maximum absolute atomic E-state index is 5.64. The van der Waals surface area contributed by atoms with Gasteiger partial charge in [-0.25, -0.2) is 0 Å². The zero-order chi connectivity index (χ0) is 11.7. The van der Waals surface area contributed by atoms with Crippen LogP contribution in [-0.4, -0.2) is 9.97 Å². The molecule has 1 heterocycles. The molecule has 1 aromatic heterocycles. The van der Waals surface area contributed by atoms with Gasteiger partial charge in [-0.2, -0.15) is 0 Å². The van der Waals surface area contributed by atoms with Gasteiger partial charge in [-0.1, -0.05) is 18.9 Å². The SMILES string of the molecule is NNC(CC1CC1)c1ccc2nccnc2c1. The van der Waals surface area contributed by atoms with Crippen molar-refractivity contribution in [1.82, 2.24) is 15.4 Å². The molecule has 1 fully saturated rings. The number of hydrogen-bond acceptors (Lipinski definition) is 4. The Morgan fingerprint density at radius 1 is 1.24 bits per heavy atom. The summed E-state index contributed by atoms with van der Waals surface area (Å²) in [6.07, 6.45) is 7.22. The smallest absolute Gasteiger partial charge is 0.0890 e. The van der Waals surface area contributed by atoms with Gasteiger partial charge in [0.25, 0.3) is 0 Å². The molecule has 1 aliphatic rings. The molecule has 17 heavy (non-hydrogen) atoms. The van der Waals surface area contributed by atoms with E-state index in [1.165, 1.54) is 18.4 Å². The molecule has 1 aromatic carbocycles. The molecule has 4 nitrogen and oxygen atoms in total. The molecule has 1 saturated carbocycles. The Morgan fingerprint density at radius 2 is 2.00 bits per heavy atom. The third-order valence-corrected chi connectivity index (χ3v) is 3.36. The third-order valence-electron chi connectivity index (χ3n) is 3.36. The van der Waals surface area contributed by atoms with E-state index in [9.17, 15) is 0 Å². The van der Waals surface area contributed by atoms with Crippen molar-refractivity contribution >= 4 is 11.0 Å². The normalized spacial score (nSPS) is 17.2. The van der Waals surface area contributed by atoms with Crippen molar-refractivity contribution in [3.63, 3.8) is 0 Å². The Morgan fingerprint density at radius 3 is 2.71 bits per heavy atom. The van der Waals surface area contributed by atoms with Gasteiger partial charge >= 0.3 is 0 Å². The first-order valence-corrected chi connectivity index (χ1v) is 6.03. The van der Waals surface area contributed by atoms with Crippen LogP contribution in [0.1, 0.15) is 30.9 Å². The number of nitrogens with two attached hydrogens (primary N) is 1. The van der Waals surface area contributed by atoms with Gasteiger partial charge in [-0.3, -0.25) is 21.2 Å². The minimum Gasteiger partial charge on any atom is -0.271 e. The standard InChI is InChI=1S/C13H16N4/c14-17-12(7-9-1-2-9)10-3-4-11-13(8-10)16-6-5-15-11/h3-6,8-9,12,17H,1-2,7,14H2. The quantitative estimate of drug-likeness (QED) is 0.620.